The van der Waals surface area contributed by atoms with E-state index in [1.54, 1.807) is 18.2 Å². The molecule has 0 amide bonds. The summed E-state index contributed by atoms with van der Waals surface area (Å²) in [6.07, 6.45) is 6.02. The van der Waals surface area contributed by atoms with Gasteiger partial charge < -0.3 is 19.5 Å². The molecule has 0 spiro atoms. The molecule has 8 nitrogen and oxygen atoms in total. The Labute approximate surface area is 236 Å². The fraction of sp³-hybridized carbons (Fsp3) is 0.355. The van der Waals surface area contributed by atoms with Gasteiger partial charge in [0.1, 0.15) is 23.9 Å². The van der Waals surface area contributed by atoms with Gasteiger partial charge in [0.05, 0.1) is 11.9 Å². The van der Waals surface area contributed by atoms with Crippen LogP contribution in [0.1, 0.15) is 36.8 Å². The minimum absolute atomic E-state index is 0.248. The van der Waals surface area contributed by atoms with Crippen molar-refractivity contribution < 1.29 is 27.9 Å². The highest BCUT2D eigenvalue weighted by Gasteiger charge is 2.17. The number of aryl methyl sites for hydroxylation is 1. The summed E-state index contributed by atoms with van der Waals surface area (Å²) >= 11 is 0. The monoisotopic (exact) mass is 566 g/mol. The summed E-state index contributed by atoms with van der Waals surface area (Å²) in [4.78, 5) is 2.52. The van der Waals surface area contributed by atoms with Crippen LogP contribution in [0.25, 0.3) is 22.2 Å². The molecule has 0 bridgehead atoms. The average molecular weight is 567 g/mol. The molecular weight excluding hydrogens is 528 g/mol. The van der Waals surface area contributed by atoms with E-state index in [1.807, 2.05) is 24.3 Å². The second-order valence-electron chi connectivity index (χ2n) is 10.3. The maximum Gasteiger partial charge on any atom is 0.261 e. The van der Waals surface area contributed by atoms with Crippen LogP contribution in [-0.2, 0) is 16.7 Å². The first-order valence-corrected chi connectivity index (χ1v) is 15.4. The summed E-state index contributed by atoms with van der Waals surface area (Å²) in [6.45, 7) is 6.86. The van der Waals surface area contributed by atoms with E-state index in [9.17, 15) is 18.6 Å². The standard InChI is InChI=1S/C30H34N2O3.CH4O3S/c1-22-28-20-26(34)12-15-29(28)32(30(22)24-8-10-25(33)11-9-24)21-23-6-13-27(14-7-23)35-19-18-31-16-4-2-3-5-17-31;1-5(2,3)4/h6-15,20,33-34H,2-5,16-19,21H2,1H3;1H3,(H,2,3,4). The number of ether oxygens (including phenoxy) is 1. The molecule has 3 N–H and O–H groups in total. The molecule has 3 aromatic carbocycles. The van der Waals surface area contributed by atoms with E-state index in [0.717, 1.165) is 46.6 Å². The molecule has 0 saturated carbocycles. The molecule has 1 aliphatic rings. The van der Waals surface area contributed by atoms with Crippen LogP contribution in [0.4, 0.5) is 0 Å². The van der Waals surface area contributed by atoms with Gasteiger partial charge in [-0.25, -0.2) is 0 Å². The number of phenols is 2. The fourth-order valence-corrected chi connectivity index (χ4v) is 5.19. The third-order valence-corrected chi connectivity index (χ3v) is 7.08. The van der Waals surface area contributed by atoms with Gasteiger partial charge in [-0.15, -0.1) is 0 Å². The van der Waals surface area contributed by atoms with Gasteiger partial charge in [0, 0.05) is 24.0 Å². The lowest BCUT2D eigenvalue weighted by Gasteiger charge is -2.19. The van der Waals surface area contributed by atoms with Gasteiger partial charge in [0.25, 0.3) is 10.1 Å². The number of nitrogens with zero attached hydrogens (tertiary/aromatic N) is 2. The Kier molecular flexibility index (Phi) is 9.73. The summed E-state index contributed by atoms with van der Waals surface area (Å²) in [7, 11) is -3.67. The SMILES string of the molecule is CS(=O)(=O)O.Cc1c(-c2ccc(O)cc2)n(Cc2ccc(OCCN3CCCCCC3)cc2)c2ccc(O)cc12. The molecule has 4 aromatic rings. The van der Waals surface area contributed by atoms with E-state index in [4.69, 9.17) is 9.29 Å². The van der Waals surface area contributed by atoms with E-state index in [0.29, 0.717) is 12.8 Å². The third-order valence-electron chi connectivity index (χ3n) is 7.08. The normalized spacial score (nSPS) is 14.4. The van der Waals surface area contributed by atoms with Gasteiger partial charge in [0.15, 0.2) is 0 Å². The van der Waals surface area contributed by atoms with E-state index in [-0.39, 0.29) is 11.5 Å². The van der Waals surface area contributed by atoms with Gasteiger partial charge in [-0.3, -0.25) is 9.45 Å². The zero-order chi connectivity index (χ0) is 28.7. The van der Waals surface area contributed by atoms with Crippen molar-refractivity contribution in [1.29, 1.82) is 0 Å². The first-order chi connectivity index (χ1) is 19.1. The number of hydrogen-bond acceptors (Lipinski definition) is 6. The third kappa shape index (κ3) is 8.24. The van der Waals surface area contributed by atoms with Crippen LogP contribution < -0.4 is 4.74 Å². The van der Waals surface area contributed by atoms with Crippen molar-refractivity contribution in [1.82, 2.24) is 9.47 Å². The summed E-state index contributed by atoms with van der Waals surface area (Å²) in [5, 5.41) is 20.9. The Morgan fingerprint density at radius 3 is 2.08 bits per heavy atom. The number of hydrogen-bond donors (Lipinski definition) is 3. The average Bonchev–Trinajstić information content (AvgIpc) is 3.05. The molecule has 214 valence electrons. The summed E-state index contributed by atoms with van der Waals surface area (Å²) in [6, 6.07) is 21.2. The van der Waals surface area contributed by atoms with Crippen LogP contribution >= 0.6 is 0 Å². The van der Waals surface area contributed by atoms with Gasteiger partial charge >= 0.3 is 0 Å². The fourth-order valence-electron chi connectivity index (χ4n) is 5.19. The van der Waals surface area contributed by atoms with Crippen LogP contribution in [0.5, 0.6) is 17.2 Å². The first kappa shape index (κ1) is 29.5. The molecule has 1 fully saturated rings. The second-order valence-corrected chi connectivity index (χ2v) is 11.8. The lowest BCUT2D eigenvalue weighted by molar-refractivity contribution is 0.214. The molecule has 9 heteroatoms. The first-order valence-electron chi connectivity index (χ1n) is 13.6. The van der Waals surface area contributed by atoms with Crippen molar-refractivity contribution in [3.05, 3.63) is 77.9 Å². The molecular formula is C31H38N2O6S. The topological polar surface area (TPSA) is 112 Å². The zero-order valence-corrected chi connectivity index (χ0v) is 23.9. The molecule has 0 atom stereocenters. The van der Waals surface area contributed by atoms with Crippen molar-refractivity contribution >= 4 is 21.0 Å². The molecule has 2 heterocycles. The van der Waals surface area contributed by atoms with Gasteiger partial charge in [-0.05, 0) is 104 Å². The largest absolute Gasteiger partial charge is 0.508 e. The van der Waals surface area contributed by atoms with Gasteiger partial charge in [-0.2, -0.15) is 8.42 Å². The van der Waals surface area contributed by atoms with E-state index in [2.05, 4.69) is 40.7 Å². The number of fused-ring (bicyclic) bond motifs is 1. The highest BCUT2D eigenvalue weighted by molar-refractivity contribution is 7.85. The Bertz CT molecular complexity index is 1500. The predicted octanol–water partition coefficient (Wildman–Crippen LogP) is 5.84. The Morgan fingerprint density at radius 1 is 0.850 bits per heavy atom. The zero-order valence-electron chi connectivity index (χ0n) is 23.1. The Hall–Kier alpha value is -3.53. The number of aromatic hydroxyl groups is 2. The van der Waals surface area contributed by atoms with Crippen LogP contribution in [-0.4, -0.2) is 65.1 Å². The molecule has 0 unspecified atom stereocenters. The van der Waals surface area contributed by atoms with Crippen molar-refractivity contribution in [2.45, 2.75) is 39.2 Å². The van der Waals surface area contributed by atoms with Crippen LogP contribution in [0, 0.1) is 6.92 Å². The molecule has 40 heavy (non-hydrogen) atoms. The predicted molar refractivity (Wildman–Crippen MR) is 159 cm³/mol. The second kappa shape index (κ2) is 13.2. The molecule has 1 aliphatic heterocycles. The number of phenolic OH excluding ortho intramolecular Hbond substituents is 2. The van der Waals surface area contributed by atoms with Crippen LogP contribution in [0.3, 0.4) is 0 Å². The highest BCUT2D eigenvalue weighted by Crippen LogP contribution is 2.36. The summed E-state index contributed by atoms with van der Waals surface area (Å²) in [5.74, 6) is 1.41. The molecule has 1 saturated heterocycles. The lowest BCUT2D eigenvalue weighted by Crippen LogP contribution is -2.29. The number of likely N-dealkylation sites (tertiary alicyclic amines) is 1. The lowest BCUT2D eigenvalue weighted by atomic mass is 10.1. The number of rotatable bonds is 7. The summed E-state index contributed by atoms with van der Waals surface area (Å²) < 4.78 is 34.2. The van der Waals surface area contributed by atoms with Crippen molar-refractivity contribution in [2.24, 2.45) is 0 Å². The van der Waals surface area contributed by atoms with Crippen LogP contribution in [0.15, 0.2) is 66.7 Å². The smallest absolute Gasteiger partial charge is 0.261 e. The van der Waals surface area contributed by atoms with E-state index in [1.165, 1.54) is 44.3 Å². The molecule has 0 radical (unpaired) electrons. The summed E-state index contributed by atoms with van der Waals surface area (Å²) in [5.41, 5.74) is 5.47. The minimum Gasteiger partial charge on any atom is -0.508 e. The maximum atomic E-state index is 10.1. The highest BCUT2D eigenvalue weighted by atomic mass is 32.2. The number of benzene rings is 3. The molecule has 0 aliphatic carbocycles. The van der Waals surface area contributed by atoms with Crippen molar-refractivity contribution in [2.75, 3.05) is 32.5 Å². The number of aromatic nitrogens is 1. The maximum absolute atomic E-state index is 10.1. The minimum atomic E-state index is -3.67. The van der Waals surface area contributed by atoms with Crippen molar-refractivity contribution in [3.63, 3.8) is 0 Å². The molecule has 5 rings (SSSR count). The van der Waals surface area contributed by atoms with Gasteiger partial charge in [-0.1, -0.05) is 25.0 Å². The Balaban J connectivity index is 0.000000681. The van der Waals surface area contributed by atoms with E-state index < -0.39 is 10.1 Å². The van der Waals surface area contributed by atoms with E-state index >= 15 is 0 Å². The Morgan fingerprint density at radius 2 is 1.45 bits per heavy atom. The van der Waals surface area contributed by atoms with Crippen LogP contribution in [0.2, 0.25) is 0 Å². The van der Waals surface area contributed by atoms with Gasteiger partial charge in [0.2, 0.25) is 0 Å². The quantitative estimate of drug-likeness (QED) is 0.241. The molecule has 1 aromatic heterocycles. The van der Waals surface area contributed by atoms with Crippen molar-refractivity contribution in [3.8, 4) is 28.5 Å².